The summed E-state index contributed by atoms with van der Waals surface area (Å²) in [5.74, 6) is -2.10. The number of benzene rings is 2. The molecular formula is C36H36ClF3N6O5S. The number of amides is 1. The Balaban J connectivity index is 1.36. The van der Waals surface area contributed by atoms with Crippen LogP contribution in [-0.4, -0.2) is 84.1 Å². The van der Waals surface area contributed by atoms with Gasteiger partial charge in [0.2, 0.25) is 0 Å². The highest BCUT2D eigenvalue weighted by Gasteiger charge is 2.49. The van der Waals surface area contributed by atoms with Crippen molar-refractivity contribution in [1.29, 1.82) is 5.26 Å². The van der Waals surface area contributed by atoms with Gasteiger partial charge in [0.25, 0.3) is 0 Å². The van der Waals surface area contributed by atoms with Gasteiger partial charge in [0.05, 0.1) is 33.9 Å². The number of hydrogen-bond donors (Lipinski definition) is 1. The zero-order valence-electron chi connectivity index (χ0n) is 28.9. The number of nitriles is 1. The van der Waals surface area contributed by atoms with Crippen molar-refractivity contribution in [2.75, 3.05) is 50.1 Å². The van der Waals surface area contributed by atoms with E-state index in [4.69, 9.17) is 25.8 Å². The van der Waals surface area contributed by atoms with Gasteiger partial charge in [-0.15, -0.1) is 11.3 Å². The van der Waals surface area contributed by atoms with Gasteiger partial charge >= 0.3 is 18.1 Å². The fraction of sp³-hybridized carbons (Fsp3) is 0.472. The van der Waals surface area contributed by atoms with E-state index in [0.29, 0.717) is 25.9 Å². The first-order chi connectivity index (χ1) is 24.7. The quantitative estimate of drug-likeness (QED) is 0.188. The molecule has 0 saturated carbocycles. The molecule has 11 nitrogen and oxygen atoms in total. The maximum Gasteiger partial charge on any atom is 0.412 e. The number of halogens is 4. The zero-order valence-corrected chi connectivity index (χ0v) is 30.5. The molecule has 4 aromatic rings. The van der Waals surface area contributed by atoms with Crippen LogP contribution in [-0.2, 0) is 14.3 Å². The van der Waals surface area contributed by atoms with Gasteiger partial charge in [-0.05, 0) is 64.3 Å². The number of methoxy groups -OCH3 is 1. The summed E-state index contributed by atoms with van der Waals surface area (Å²) >= 11 is 7.67. The Bertz CT molecular complexity index is 2160. The molecule has 3 aliphatic rings. The summed E-state index contributed by atoms with van der Waals surface area (Å²) in [6.45, 7) is 6.84. The van der Waals surface area contributed by atoms with Crippen molar-refractivity contribution in [3.05, 3.63) is 40.4 Å². The first kappa shape index (κ1) is 36.0. The maximum absolute atomic E-state index is 17.2. The number of ether oxygens (including phenoxy) is 3. The van der Waals surface area contributed by atoms with Crippen molar-refractivity contribution in [2.45, 2.75) is 63.8 Å². The van der Waals surface area contributed by atoms with Crippen LogP contribution in [0, 0.1) is 28.9 Å². The predicted molar refractivity (Wildman–Crippen MR) is 191 cm³/mol. The molecule has 0 bridgehead atoms. The Hall–Kier alpha value is -4.39. The molecule has 1 amide bonds. The summed E-state index contributed by atoms with van der Waals surface area (Å²) in [5, 5.41) is 13.0. The molecule has 2 aromatic heterocycles. The smallest absolute Gasteiger partial charge is 0.412 e. The number of nitrogens with zero attached hydrogens (tertiary/aromatic N) is 5. The van der Waals surface area contributed by atoms with Crippen LogP contribution in [0.3, 0.4) is 0 Å². The van der Waals surface area contributed by atoms with Crippen LogP contribution in [0.1, 0.15) is 52.0 Å². The van der Waals surface area contributed by atoms with E-state index < -0.39 is 41.0 Å². The molecule has 0 radical (unpaired) electrons. The lowest BCUT2D eigenvalue weighted by atomic mass is 9.95. The normalized spacial score (nSPS) is 21.8. The third-order valence-corrected chi connectivity index (χ3v) is 11.3. The maximum atomic E-state index is 17.2. The Kier molecular flexibility index (Phi) is 9.37. The van der Waals surface area contributed by atoms with E-state index in [1.54, 1.807) is 20.8 Å². The van der Waals surface area contributed by atoms with E-state index in [9.17, 15) is 19.2 Å². The number of anilines is 2. The highest BCUT2D eigenvalue weighted by molar-refractivity contribution is 7.23. The van der Waals surface area contributed by atoms with Crippen LogP contribution in [0.2, 0.25) is 5.02 Å². The number of fused-ring (bicyclic) bond motifs is 3. The first-order valence-electron chi connectivity index (χ1n) is 16.9. The molecule has 3 aliphatic heterocycles. The minimum Gasteiger partial charge on any atom is -0.469 e. The summed E-state index contributed by atoms with van der Waals surface area (Å²) in [7, 11) is 1.32. The van der Waals surface area contributed by atoms with Crippen molar-refractivity contribution in [3.63, 3.8) is 0 Å². The molecule has 274 valence electrons. The number of esters is 1. The third kappa shape index (κ3) is 6.45. The van der Waals surface area contributed by atoms with Crippen LogP contribution < -0.4 is 15.0 Å². The van der Waals surface area contributed by atoms with Gasteiger partial charge in [0.1, 0.15) is 46.6 Å². The van der Waals surface area contributed by atoms with Crippen molar-refractivity contribution in [1.82, 2.24) is 14.9 Å². The van der Waals surface area contributed by atoms with Crippen LogP contribution >= 0.6 is 22.9 Å². The molecule has 3 atom stereocenters. The predicted octanol–water partition coefficient (Wildman–Crippen LogP) is 7.62. The first-order valence-corrected chi connectivity index (χ1v) is 18.1. The Morgan fingerprint density at radius 2 is 2.00 bits per heavy atom. The Labute approximate surface area is 306 Å². The van der Waals surface area contributed by atoms with E-state index >= 15 is 8.78 Å². The highest BCUT2D eigenvalue weighted by atomic mass is 35.5. The van der Waals surface area contributed by atoms with Crippen LogP contribution in [0.25, 0.3) is 32.1 Å². The van der Waals surface area contributed by atoms with Crippen molar-refractivity contribution >= 4 is 66.8 Å². The number of thiophene rings is 1. The van der Waals surface area contributed by atoms with E-state index in [1.807, 2.05) is 11.0 Å². The molecule has 0 spiro atoms. The molecule has 5 heterocycles. The molecule has 1 unspecified atom stereocenters. The van der Waals surface area contributed by atoms with E-state index in [1.165, 1.54) is 19.2 Å². The third-order valence-electron chi connectivity index (χ3n) is 9.88. The summed E-state index contributed by atoms with van der Waals surface area (Å²) in [6.07, 6.45) is 0.584. The van der Waals surface area contributed by atoms with Crippen LogP contribution in [0.4, 0.5) is 28.8 Å². The topological polar surface area (TPSA) is 130 Å². The number of rotatable bonds is 7. The van der Waals surface area contributed by atoms with Gasteiger partial charge in [-0.25, -0.2) is 18.0 Å². The van der Waals surface area contributed by atoms with Crippen LogP contribution in [0.15, 0.2) is 18.2 Å². The van der Waals surface area contributed by atoms with E-state index in [-0.39, 0.29) is 78.7 Å². The summed E-state index contributed by atoms with van der Waals surface area (Å²) in [4.78, 5) is 38.1. The number of nitrogens with one attached hydrogen (secondary N) is 1. The highest BCUT2D eigenvalue weighted by Crippen LogP contribution is 2.47. The van der Waals surface area contributed by atoms with Crippen molar-refractivity contribution in [2.24, 2.45) is 5.92 Å². The fourth-order valence-corrected chi connectivity index (χ4v) is 9.00. The molecule has 2 aromatic carbocycles. The number of alkyl halides is 1. The number of hydrogen-bond acceptors (Lipinski definition) is 11. The SMILES string of the molecule is COC(=O)C1CCN(c2nc(OC[C@@]34CCCN3C[C@H](F)C4)nc3c(F)c(-c4ccc(F)c5sc(NC(=O)OC(C)(C)C)c(C#N)c45)c(Cl)cc23)C1. The van der Waals surface area contributed by atoms with Gasteiger partial charge in [-0.3, -0.25) is 15.0 Å². The second-order valence-electron chi connectivity index (χ2n) is 14.4. The second-order valence-corrected chi connectivity index (χ2v) is 15.9. The van der Waals surface area contributed by atoms with Gasteiger partial charge in [-0.2, -0.15) is 15.2 Å². The average molecular weight is 757 g/mol. The molecule has 3 saturated heterocycles. The largest absolute Gasteiger partial charge is 0.469 e. The average Bonchev–Trinajstić information content (AvgIpc) is 3.86. The Morgan fingerprint density at radius 1 is 1.21 bits per heavy atom. The van der Waals surface area contributed by atoms with Crippen molar-refractivity contribution in [3.8, 4) is 23.2 Å². The summed E-state index contributed by atoms with van der Waals surface area (Å²) in [6, 6.07) is 5.84. The number of carbonyl (C=O) groups is 2. The molecular weight excluding hydrogens is 721 g/mol. The van der Waals surface area contributed by atoms with Gasteiger partial charge in [-0.1, -0.05) is 17.7 Å². The molecule has 52 heavy (non-hydrogen) atoms. The van der Waals surface area contributed by atoms with Gasteiger partial charge in [0, 0.05) is 42.4 Å². The summed E-state index contributed by atoms with van der Waals surface area (Å²) < 4.78 is 63.5. The monoisotopic (exact) mass is 756 g/mol. The fourth-order valence-electron chi connectivity index (χ4n) is 7.64. The lowest BCUT2D eigenvalue weighted by Crippen LogP contribution is -2.43. The standard InChI is InChI=1S/C36H36ClF3N6O5S/c1-35(2,3)51-34(48)44-31-22(14-41)25-20(6-7-24(39)29(25)52-31)26-23(37)12-21-28(27(26)40)42-33(43-30(21)45-11-8-18(15-45)32(47)49-4)50-17-36-9-5-10-46(36)16-19(38)13-36/h6-7,12,18-19H,5,8-11,13,15-17H2,1-4H3,(H,44,48)/t18?,19-,36+/m1/s1. The molecule has 0 aliphatic carbocycles. The zero-order chi connectivity index (χ0) is 37.1. The molecule has 1 N–H and O–H groups in total. The minimum absolute atomic E-state index is 0.00269. The lowest BCUT2D eigenvalue weighted by Gasteiger charge is -2.31. The van der Waals surface area contributed by atoms with Gasteiger partial charge < -0.3 is 19.1 Å². The van der Waals surface area contributed by atoms with E-state index in [2.05, 4.69) is 20.2 Å². The number of carbonyl (C=O) groups excluding carboxylic acids is 2. The van der Waals surface area contributed by atoms with Crippen molar-refractivity contribution < 1.29 is 37.0 Å². The van der Waals surface area contributed by atoms with Crippen LogP contribution in [0.5, 0.6) is 6.01 Å². The summed E-state index contributed by atoms with van der Waals surface area (Å²) in [5.41, 5.74) is -1.68. The Morgan fingerprint density at radius 3 is 2.73 bits per heavy atom. The lowest BCUT2D eigenvalue weighted by molar-refractivity contribution is -0.144. The van der Waals surface area contributed by atoms with E-state index in [0.717, 1.165) is 36.8 Å². The second kappa shape index (κ2) is 13.5. The molecule has 7 rings (SSSR count). The molecule has 3 fully saturated rings. The molecule has 16 heteroatoms. The minimum atomic E-state index is -0.984. The number of aromatic nitrogens is 2. The van der Waals surface area contributed by atoms with Gasteiger partial charge in [0.15, 0.2) is 5.82 Å².